The van der Waals surface area contributed by atoms with E-state index in [1.807, 2.05) is 30.3 Å². The molecule has 0 saturated heterocycles. The zero-order chi connectivity index (χ0) is 26.5. The molecule has 1 aromatic rings. The Labute approximate surface area is 224 Å². The zero-order valence-electron chi connectivity index (χ0n) is 22.4. The van der Waals surface area contributed by atoms with Gasteiger partial charge >= 0.3 is 5.97 Å². The van der Waals surface area contributed by atoms with Crippen LogP contribution in [0.3, 0.4) is 0 Å². The number of benzene rings is 1. The number of Topliss-reactive ketones (excluding diaryl/α,β-unsaturated/α-hetero) is 1. The number of ketones is 1. The summed E-state index contributed by atoms with van der Waals surface area (Å²) in [5, 5.41) is 11.6. The van der Waals surface area contributed by atoms with Crippen LogP contribution in [-0.2, 0) is 14.3 Å². The van der Waals surface area contributed by atoms with Gasteiger partial charge in [0.15, 0.2) is 0 Å². The molecule has 0 N–H and O–H groups in total. The molecule has 0 amide bonds. The number of allylic oxidation sites excluding steroid dienone is 1. The second-order valence-electron chi connectivity index (χ2n) is 12.4. The third-order valence-electron chi connectivity index (χ3n) is 10.5. The highest BCUT2D eigenvalue weighted by molar-refractivity contribution is 7.99. The van der Waals surface area contributed by atoms with Crippen molar-refractivity contribution in [3.8, 4) is 0 Å². The fourth-order valence-corrected chi connectivity index (χ4v) is 10.2. The van der Waals surface area contributed by atoms with Crippen molar-refractivity contribution in [2.24, 2.45) is 40.4 Å². The second-order valence-corrected chi connectivity index (χ2v) is 13.6. The van der Waals surface area contributed by atoms with Crippen molar-refractivity contribution in [2.75, 3.05) is 0 Å². The molecule has 0 heterocycles. The number of fused-ring (bicyclic) bond motifs is 5. The summed E-state index contributed by atoms with van der Waals surface area (Å²) in [6, 6.07) is 9.57. The molecule has 7 heteroatoms. The lowest BCUT2D eigenvalue weighted by Gasteiger charge is -2.58. The summed E-state index contributed by atoms with van der Waals surface area (Å²) in [4.78, 5) is 37.9. The van der Waals surface area contributed by atoms with Gasteiger partial charge in [0.1, 0.15) is 11.9 Å². The highest BCUT2D eigenvalue weighted by atomic mass is 32.2. The molecule has 5 rings (SSSR count). The normalized spacial score (nSPS) is 39.4. The van der Waals surface area contributed by atoms with Gasteiger partial charge in [0, 0.05) is 35.0 Å². The number of hydrogen-bond acceptors (Lipinski definition) is 6. The number of carbonyl (C=O) groups excluding carboxylic acids is 2. The van der Waals surface area contributed by atoms with Crippen LogP contribution in [0.4, 0.5) is 0 Å². The highest BCUT2D eigenvalue weighted by Gasteiger charge is 2.64. The minimum absolute atomic E-state index is 0.0314. The Kier molecular flexibility index (Phi) is 7.05. The molecule has 0 aliphatic heterocycles. The molecule has 9 atom stereocenters. The predicted molar refractivity (Wildman–Crippen MR) is 143 cm³/mol. The fourth-order valence-electron chi connectivity index (χ4n) is 9.03. The Morgan fingerprint density at radius 2 is 1.84 bits per heavy atom. The van der Waals surface area contributed by atoms with Gasteiger partial charge in [-0.15, -0.1) is 0 Å². The van der Waals surface area contributed by atoms with E-state index in [9.17, 15) is 19.7 Å². The van der Waals surface area contributed by atoms with Crippen LogP contribution in [-0.4, -0.2) is 28.2 Å². The van der Waals surface area contributed by atoms with Gasteiger partial charge in [-0.05, 0) is 97.9 Å². The minimum atomic E-state index is -0.832. The van der Waals surface area contributed by atoms with Crippen LogP contribution in [0.5, 0.6) is 0 Å². The summed E-state index contributed by atoms with van der Waals surface area (Å²) in [5.41, 5.74) is 1.29. The van der Waals surface area contributed by atoms with Crippen molar-refractivity contribution in [3.63, 3.8) is 0 Å². The SMILES string of the molecule is CC(=O)OC1CC[C@@]2(C)C(=CC[C@H]3[C@@H]4CC(C(Sc5ccccc5)[N+](=O)[O-])[C@H](C(C)=O)[C@@]4(C)CC[C@@H]32)C1. The van der Waals surface area contributed by atoms with Crippen molar-refractivity contribution < 1.29 is 19.2 Å². The molecule has 4 aliphatic rings. The molecule has 3 fully saturated rings. The minimum Gasteiger partial charge on any atom is -0.462 e. The smallest absolute Gasteiger partial charge is 0.302 e. The average Bonchev–Trinajstić information content (AvgIpc) is 3.16. The van der Waals surface area contributed by atoms with E-state index in [0.29, 0.717) is 17.8 Å². The Morgan fingerprint density at radius 1 is 1.11 bits per heavy atom. The standard InChI is InChI=1S/C30H39NO5S/c1-18(32)27-24(28(31(34)35)37-22-8-6-5-7-9-22)17-26-23-11-10-20-16-21(36-19(2)33)12-14-29(20,3)25(23)13-15-30(26,27)4/h5-10,21,23-28H,11-17H2,1-4H3/t21?,23-,24?,25+,26+,27+,28?,29+,30+/m1/s1. The summed E-state index contributed by atoms with van der Waals surface area (Å²) >= 11 is 1.31. The van der Waals surface area contributed by atoms with E-state index < -0.39 is 5.37 Å². The zero-order valence-corrected chi connectivity index (χ0v) is 23.2. The summed E-state index contributed by atoms with van der Waals surface area (Å²) in [5.74, 6) is 0.563. The number of carbonyl (C=O) groups is 2. The molecule has 0 spiro atoms. The molecular formula is C30H39NO5S. The van der Waals surface area contributed by atoms with E-state index in [-0.39, 0.29) is 45.4 Å². The van der Waals surface area contributed by atoms with Crippen LogP contribution in [0.1, 0.15) is 72.6 Å². The summed E-state index contributed by atoms with van der Waals surface area (Å²) < 4.78 is 5.58. The van der Waals surface area contributed by atoms with Gasteiger partial charge in [0.05, 0.1) is 0 Å². The number of esters is 1. The first-order chi connectivity index (χ1) is 17.5. The van der Waals surface area contributed by atoms with Crippen LogP contribution in [0, 0.1) is 50.5 Å². The predicted octanol–water partition coefficient (Wildman–Crippen LogP) is 6.71. The maximum absolute atomic E-state index is 13.2. The molecule has 0 aromatic heterocycles. The topological polar surface area (TPSA) is 86.5 Å². The maximum Gasteiger partial charge on any atom is 0.302 e. The van der Waals surface area contributed by atoms with Gasteiger partial charge in [-0.3, -0.25) is 19.7 Å². The van der Waals surface area contributed by atoms with Gasteiger partial charge in [-0.25, -0.2) is 0 Å². The van der Waals surface area contributed by atoms with E-state index in [4.69, 9.17) is 4.74 Å². The first-order valence-corrected chi connectivity index (χ1v) is 14.6. The lowest BCUT2D eigenvalue weighted by molar-refractivity contribution is -0.505. The molecule has 1 aromatic carbocycles. The second kappa shape index (κ2) is 9.87. The van der Waals surface area contributed by atoms with Gasteiger partial charge in [0.25, 0.3) is 5.37 Å². The van der Waals surface area contributed by atoms with Crippen molar-refractivity contribution >= 4 is 23.5 Å². The number of nitro groups is 1. The summed E-state index contributed by atoms with van der Waals surface area (Å²) in [7, 11) is 0. The molecule has 37 heavy (non-hydrogen) atoms. The van der Waals surface area contributed by atoms with E-state index in [1.54, 1.807) is 6.92 Å². The maximum atomic E-state index is 13.2. The number of thioether (sulfide) groups is 1. The Balaban J connectivity index is 1.45. The third kappa shape index (κ3) is 4.55. The van der Waals surface area contributed by atoms with Crippen molar-refractivity contribution in [3.05, 3.63) is 52.1 Å². The number of rotatable bonds is 6. The van der Waals surface area contributed by atoms with Gasteiger partial charge < -0.3 is 4.74 Å². The first kappa shape index (κ1) is 26.5. The first-order valence-electron chi connectivity index (χ1n) is 13.8. The summed E-state index contributed by atoms with van der Waals surface area (Å²) in [6.45, 7) is 7.78. The third-order valence-corrected chi connectivity index (χ3v) is 11.8. The molecule has 3 unspecified atom stereocenters. The lowest BCUT2D eigenvalue weighted by atomic mass is 9.47. The van der Waals surface area contributed by atoms with Crippen molar-refractivity contribution in [1.29, 1.82) is 0 Å². The molecule has 3 saturated carbocycles. The monoisotopic (exact) mass is 525 g/mol. The van der Waals surface area contributed by atoms with Crippen LogP contribution < -0.4 is 0 Å². The average molecular weight is 526 g/mol. The van der Waals surface area contributed by atoms with Crippen molar-refractivity contribution in [2.45, 2.75) is 89.0 Å². The summed E-state index contributed by atoms with van der Waals surface area (Å²) in [6.07, 6.45) is 8.75. The van der Waals surface area contributed by atoms with E-state index >= 15 is 0 Å². The Hall–Kier alpha value is -2.15. The molecule has 0 bridgehead atoms. The van der Waals surface area contributed by atoms with E-state index in [2.05, 4.69) is 19.9 Å². The lowest BCUT2D eigenvalue weighted by Crippen LogP contribution is -2.51. The van der Waals surface area contributed by atoms with E-state index in [1.165, 1.54) is 24.3 Å². The number of ether oxygens (including phenoxy) is 1. The van der Waals surface area contributed by atoms with Crippen molar-refractivity contribution in [1.82, 2.24) is 0 Å². The van der Waals surface area contributed by atoms with E-state index in [0.717, 1.165) is 49.8 Å². The Morgan fingerprint density at radius 3 is 2.49 bits per heavy atom. The quantitative estimate of drug-likeness (QED) is 0.102. The molecular weight excluding hydrogens is 486 g/mol. The molecule has 6 nitrogen and oxygen atoms in total. The van der Waals surface area contributed by atoms with Crippen LogP contribution in [0.15, 0.2) is 46.9 Å². The van der Waals surface area contributed by atoms with Gasteiger partial charge in [-0.1, -0.05) is 43.7 Å². The van der Waals surface area contributed by atoms with Gasteiger partial charge in [0.2, 0.25) is 0 Å². The molecule has 4 aliphatic carbocycles. The largest absolute Gasteiger partial charge is 0.462 e. The van der Waals surface area contributed by atoms with Gasteiger partial charge in [-0.2, -0.15) is 0 Å². The molecule has 200 valence electrons. The van der Waals surface area contributed by atoms with Crippen LogP contribution >= 0.6 is 11.8 Å². The van der Waals surface area contributed by atoms with Crippen LogP contribution in [0.25, 0.3) is 0 Å². The Bertz CT molecular complexity index is 1100. The van der Waals surface area contributed by atoms with Crippen LogP contribution in [0.2, 0.25) is 0 Å². The fraction of sp³-hybridized carbons (Fsp3) is 0.667. The number of hydrogen-bond donors (Lipinski definition) is 0. The number of nitrogens with zero attached hydrogens (tertiary/aromatic N) is 1. The highest BCUT2D eigenvalue weighted by Crippen LogP contribution is 2.68. The molecule has 0 radical (unpaired) electrons.